The lowest BCUT2D eigenvalue weighted by Crippen LogP contribution is -2.23. The van der Waals surface area contributed by atoms with Crippen molar-refractivity contribution in [2.75, 3.05) is 6.61 Å². The third-order valence-electron chi connectivity index (χ3n) is 2.93. The number of nitrogens with zero attached hydrogens (tertiary/aromatic N) is 1. The monoisotopic (exact) mass is 285 g/mol. The second kappa shape index (κ2) is 5.83. The fraction of sp³-hybridized carbons (Fsp3) is 0.417. The van der Waals surface area contributed by atoms with Crippen LogP contribution < -0.4 is 4.74 Å². The first kappa shape index (κ1) is 14.2. The minimum absolute atomic E-state index is 0.00148. The summed E-state index contributed by atoms with van der Waals surface area (Å²) in [7, 11) is 0. The number of carboxylic acids is 1. The highest BCUT2D eigenvalue weighted by Crippen LogP contribution is 2.25. The van der Waals surface area contributed by atoms with Crippen molar-refractivity contribution in [2.45, 2.75) is 25.0 Å². The second-order valence-electron chi connectivity index (χ2n) is 4.35. The third-order valence-corrected chi connectivity index (χ3v) is 2.93. The molecule has 1 aromatic rings. The van der Waals surface area contributed by atoms with Gasteiger partial charge in [-0.2, -0.15) is 0 Å². The van der Waals surface area contributed by atoms with Crippen LogP contribution in [0.4, 0.5) is 10.1 Å². The topological polar surface area (TPSA) is 98.9 Å². The number of nitro groups is 1. The number of hydrogen-bond acceptors (Lipinski definition) is 5. The Labute approximate surface area is 113 Å². The van der Waals surface area contributed by atoms with E-state index in [2.05, 4.69) is 0 Å². The normalized spacial score (nSPS) is 21.6. The zero-order valence-corrected chi connectivity index (χ0v) is 10.3. The number of non-ortho nitro benzene ring substituents is 1. The van der Waals surface area contributed by atoms with E-state index in [0.29, 0.717) is 12.8 Å². The maximum atomic E-state index is 13.5. The number of carbonyl (C=O) groups is 1. The molecule has 8 heteroatoms. The second-order valence-corrected chi connectivity index (χ2v) is 4.35. The van der Waals surface area contributed by atoms with Crippen molar-refractivity contribution < 1.29 is 28.7 Å². The van der Waals surface area contributed by atoms with Gasteiger partial charge in [-0.3, -0.25) is 10.1 Å². The molecule has 0 radical (unpaired) electrons. The van der Waals surface area contributed by atoms with Crippen LogP contribution in [0.15, 0.2) is 18.2 Å². The van der Waals surface area contributed by atoms with E-state index in [1.807, 2.05) is 0 Å². The molecule has 7 nitrogen and oxygen atoms in total. The number of halogens is 1. The smallest absolute Gasteiger partial charge is 0.332 e. The minimum atomic E-state index is -1.03. The van der Waals surface area contributed by atoms with Crippen molar-refractivity contribution in [1.82, 2.24) is 0 Å². The van der Waals surface area contributed by atoms with Crippen LogP contribution in [0, 0.1) is 15.9 Å². The molecule has 0 aromatic heterocycles. The summed E-state index contributed by atoms with van der Waals surface area (Å²) in [6.07, 6.45) is -0.395. The molecule has 1 saturated heterocycles. The van der Waals surface area contributed by atoms with Gasteiger partial charge in [0.15, 0.2) is 17.7 Å². The number of hydrogen-bond donors (Lipinski definition) is 1. The van der Waals surface area contributed by atoms with Gasteiger partial charge in [-0.25, -0.2) is 9.18 Å². The molecular formula is C12H12FNO6. The van der Waals surface area contributed by atoms with Gasteiger partial charge in [-0.05, 0) is 18.9 Å². The molecule has 1 N–H and O–H groups in total. The summed E-state index contributed by atoms with van der Waals surface area (Å²) in [6, 6.07) is 3.07. The number of benzene rings is 1. The van der Waals surface area contributed by atoms with E-state index < -0.39 is 28.9 Å². The number of nitro benzene ring substituents is 1. The van der Waals surface area contributed by atoms with Crippen molar-refractivity contribution in [3.63, 3.8) is 0 Å². The van der Waals surface area contributed by atoms with Gasteiger partial charge >= 0.3 is 5.97 Å². The Bertz CT molecular complexity index is 535. The van der Waals surface area contributed by atoms with Crippen LogP contribution in [-0.4, -0.2) is 34.8 Å². The molecule has 0 amide bonds. The quantitative estimate of drug-likeness (QED) is 0.653. The summed E-state index contributed by atoms with van der Waals surface area (Å²) >= 11 is 0. The van der Waals surface area contributed by atoms with Gasteiger partial charge in [0.25, 0.3) is 5.69 Å². The zero-order valence-electron chi connectivity index (χ0n) is 10.3. The Kier molecular flexibility index (Phi) is 4.14. The van der Waals surface area contributed by atoms with Crippen molar-refractivity contribution >= 4 is 11.7 Å². The lowest BCUT2D eigenvalue weighted by Gasteiger charge is -2.13. The molecule has 0 aliphatic carbocycles. The van der Waals surface area contributed by atoms with Gasteiger partial charge in [0.1, 0.15) is 6.61 Å². The van der Waals surface area contributed by atoms with Gasteiger partial charge in [0, 0.05) is 6.07 Å². The predicted molar refractivity (Wildman–Crippen MR) is 64.1 cm³/mol. The lowest BCUT2D eigenvalue weighted by molar-refractivity contribution is -0.385. The molecule has 0 spiro atoms. The molecule has 2 atom stereocenters. The first-order chi connectivity index (χ1) is 9.47. The SMILES string of the molecule is O=C(O)C1CCC(COc2ccc([N+](=O)[O-])cc2F)O1. The molecule has 1 heterocycles. The van der Waals surface area contributed by atoms with Crippen LogP contribution in [0.1, 0.15) is 12.8 Å². The number of rotatable bonds is 5. The van der Waals surface area contributed by atoms with E-state index in [9.17, 15) is 19.3 Å². The van der Waals surface area contributed by atoms with E-state index in [1.165, 1.54) is 0 Å². The summed E-state index contributed by atoms with van der Waals surface area (Å²) in [5.41, 5.74) is -0.363. The van der Waals surface area contributed by atoms with E-state index >= 15 is 0 Å². The number of aliphatic carboxylic acids is 1. The van der Waals surface area contributed by atoms with Gasteiger partial charge in [0.2, 0.25) is 0 Å². The van der Waals surface area contributed by atoms with Crippen LogP contribution >= 0.6 is 0 Å². The van der Waals surface area contributed by atoms with Gasteiger partial charge in [-0.15, -0.1) is 0 Å². The van der Waals surface area contributed by atoms with Crippen LogP contribution in [0.25, 0.3) is 0 Å². The van der Waals surface area contributed by atoms with Gasteiger partial charge < -0.3 is 14.6 Å². The van der Waals surface area contributed by atoms with Crippen molar-refractivity contribution in [1.29, 1.82) is 0 Å². The maximum absolute atomic E-state index is 13.5. The van der Waals surface area contributed by atoms with Crippen LogP contribution in [0.5, 0.6) is 5.75 Å². The maximum Gasteiger partial charge on any atom is 0.332 e. The van der Waals surface area contributed by atoms with Crippen molar-refractivity contribution in [3.05, 3.63) is 34.1 Å². The van der Waals surface area contributed by atoms with Crippen molar-refractivity contribution in [3.8, 4) is 5.75 Å². The average molecular weight is 285 g/mol. The first-order valence-electron chi connectivity index (χ1n) is 5.92. The summed E-state index contributed by atoms with van der Waals surface area (Å²) in [4.78, 5) is 20.4. The highest BCUT2D eigenvalue weighted by Gasteiger charge is 2.31. The van der Waals surface area contributed by atoms with Gasteiger partial charge in [-0.1, -0.05) is 0 Å². The van der Waals surface area contributed by atoms with E-state index in [1.54, 1.807) is 0 Å². The molecule has 0 bridgehead atoms. The molecular weight excluding hydrogens is 273 g/mol. The summed E-state index contributed by atoms with van der Waals surface area (Å²) in [5.74, 6) is -2.00. The average Bonchev–Trinajstić information content (AvgIpc) is 2.86. The first-order valence-corrected chi connectivity index (χ1v) is 5.92. The summed E-state index contributed by atoms with van der Waals surface area (Å²) in [5, 5.41) is 19.2. The van der Waals surface area contributed by atoms with E-state index in [-0.39, 0.29) is 18.0 Å². The molecule has 1 aromatic carbocycles. The lowest BCUT2D eigenvalue weighted by atomic mass is 10.2. The van der Waals surface area contributed by atoms with Crippen LogP contribution in [0.3, 0.4) is 0 Å². The van der Waals surface area contributed by atoms with Crippen LogP contribution in [-0.2, 0) is 9.53 Å². The molecule has 108 valence electrons. The Hall–Kier alpha value is -2.22. The molecule has 0 saturated carbocycles. The largest absolute Gasteiger partial charge is 0.488 e. The summed E-state index contributed by atoms with van der Waals surface area (Å²) in [6.45, 7) is -0.00148. The highest BCUT2D eigenvalue weighted by molar-refractivity contribution is 5.72. The number of carboxylic acid groups (broad SMARTS) is 1. The molecule has 1 aliphatic rings. The van der Waals surface area contributed by atoms with Gasteiger partial charge in [0.05, 0.1) is 17.1 Å². The third kappa shape index (κ3) is 3.21. The Morgan fingerprint density at radius 3 is 2.85 bits per heavy atom. The molecule has 1 fully saturated rings. The zero-order chi connectivity index (χ0) is 14.7. The minimum Gasteiger partial charge on any atom is -0.488 e. The molecule has 1 aliphatic heterocycles. The Morgan fingerprint density at radius 1 is 1.55 bits per heavy atom. The predicted octanol–water partition coefficient (Wildman–Crippen LogP) is 1.74. The molecule has 2 unspecified atom stereocenters. The van der Waals surface area contributed by atoms with E-state index in [0.717, 1.165) is 18.2 Å². The Morgan fingerprint density at radius 2 is 2.30 bits per heavy atom. The Balaban J connectivity index is 1.92. The molecule has 2 rings (SSSR count). The highest BCUT2D eigenvalue weighted by atomic mass is 19.1. The fourth-order valence-corrected chi connectivity index (χ4v) is 1.91. The van der Waals surface area contributed by atoms with Crippen molar-refractivity contribution in [2.24, 2.45) is 0 Å². The molecule has 20 heavy (non-hydrogen) atoms. The van der Waals surface area contributed by atoms with Crippen LogP contribution in [0.2, 0.25) is 0 Å². The standard InChI is InChI=1S/C12H12FNO6/c13-9-5-7(14(17)18)1-3-10(9)19-6-8-2-4-11(20-8)12(15)16/h1,3,5,8,11H,2,4,6H2,(H,15,16). The summed E-state index contributed by atoms with van der Waals surface area (Å²) < 4.78 is 23.9. The van der Waals surface area contributed by atoms with E-state index in [4.69, 9.17) is 14.6 Å². The number of ether oxygens (including phenoxy) is 2. The fourth-order valence-electron chi connectivity index (χ4n) is 1.91.